The maximum atomic E-state index is 11.3. The molecule has 0 aliphatic carbocycles. The van der Waals surface area contributed by atoms with Crippen molar-refractivity contribution in [2.45, 2.75) is 51.9 Å². The Bertz CT molecular complexity index is 386. The predicted octanol–water partition coefficient (Wildman–Crippen LogP) is 4.95. The Morgan fingerprint density at radius 1 is 1.10 bits per heavy atom. The molecule has 1 amide bonds. The first kappa shape index (κ1) is 16.5. The molecule has 0 aliphatic heterocycles. The van der Waals surface area contributed by atoms with E-state index in [-0.39, 0.29) is 0 Å². The van der Waals surface area contributed by atoms with Gasteiger partial charge in [-0.05, 0) is 30.5 Å². The quantitative estimate of drug-likeness (QED) is 0.628. The second-order valence-corrected chi connectivity index (χ2v) is 5.15. The monoisotopic (exact) mass is 276 g/mol. The minimum Gasteiger partial charge on any atom is -0.446 e. The van der Waals surface area contributed by atoms with Crippen molar-refractivity contribution in [3.05, 3.63) is 36.9 Å². The Hall–Kier alpha value is -1.51. The van der Waals surface area contributed by atoms with E-state index in [4.69, 9.17) is 0 Å². The number of benzene rings is 1. The summed E-state index contributed by atoms with van der Waals surface area (Å²) >= 11 is 0. The molecule has 0 aliphatic rings. The zero-order valence-electron chi connectivity index (χ0n) is 12.7. The van der Waals surface area contributed by atoms with Crippen LogP contribution in [-0.2, 0) is 11.2 Å². The number of carbonyl (C=O) groups is 1. The van der Waals surface area contributed by atoms with Gasteiger partial charge in [-0.25, -0.2) is 4.79 Å². The summed E-state index contributed by atoms with van der Waals surface area (Å²) in [6.07, 6.45) is 8.53. The van der Waals surface area contributed by atoms with E-state index in [9.17, 15) is 4.79 Å². The van der Waals surface area contributed by atoms with E-state index in [1.165, 1.54) is 49.0 Å². The molecule has 1 radical (unpaired) electrons. The van der Waals surface area contributed by atoms with Gasteiger partial charge in [0.2, 0.25) is 0 Å². The highest BCUT2D eigenvalue weighted by Crippen LogP contribution is 2.16. The topological polar surface area (TPSA) is 29.5 Å². The van der Waals surface area contributed by atoms with Crippen LogP contribution in [0.5, 0.6) is 0 Å². The van der Waals surface area contributed by atoms with Gasteiger partial charge in [0.15, 0.2) is 0 Å². The molecule has 0 spiro atoms. The molecule has 1 rings (SSSR count). The highest BCUT2D eigenvalue weighted by molar-refractivity contribution is 5.86. The van der Waals surface area contributed by atoms with Gasteiger partial charge in [0, 0.05) is 12.7 Å². The van der Waals surface area contributed by atoms with Gasteiger partial charge in [-0.1, -0.05) is 51.2 Å². The summed E-state index contributed by atoms with van der Waals surface area (Å²) in [6.45, 7) is 2.24. The number of amides is 1. The van der Waals surface area contributed by atoms with E-state index in [1.807, 2.05) is 12.1 Å². The van der Waals surface area contributed by atoms with E-state index in [0.29, 0.717) is 0 Å². The van der Waals surface area contributed by atoms with E-state index < -0.39 is 6.09 Å². The van der Waals surface area contributed by atoms with Crippen LogP contribution in [0.15, 0.2) is 24.3 Å². The van der Waals surface area contributed by atoms with E-state index >= 15 is 0 Å². The molecule has 1 aromatic rings. The second-order valence-electron chi connectivity index (χ2n) is 5.15. The van der Waals surface area contributed by atoms with Crippen molar-refractivity contribution in [2.24, 2.45) is 0 Å². The lowest BCUT2D eigenvalue weighted by Gasteiger charge is -2.15. The minimum atomic E-state index is -0.450. The number of carbonyl (C=O) groups excluding carboxylic acids is 1. The first-order valence-corrected chi connectivity index (χ1v) is 7.47. The molecule has 3 nitrogen and oxygen atoms in total. The zero-order valence-corrected chi connectivity index (χ0v) is 12.7. The Kier molecular flexibility index (Phi) is 7.78. The summed E-state index contributed by atoms with van der Waals surface area (Å²) in [4.78, 5) is 12.8. The van der Waals surface area contributed by atoms with Gasteiger partial charge in [-0.3, -0.25) is 4.90 Å². The molecule has 1 aromatic carbocycles. The number of hydrogen-bond donors (Lipinski definition) is 0. The van der Waals surface area contributed by atoms with Crippen molar-refractivity contribution in [2.75, 3.05) is 11.9 Å². The lowest BCUT2D eigenvalue weighted by molar-refractivity contribution is 0.192. The normalized spacial score (nSPS) is 10.3. The Morgan fingerprint density at radius 3 is 2.30 bits per heavy atom. The Balaban J connectivity index is 2.33. The van der Waals surface area contributed by atoms with Crippen molar-refractivity contribution in [1.29, 1.82) is 0 Å². The number of aryl methyl sites for hydroxylation is 1. The lowest BCUT2D eigenvalue weighted by atomic mass is 10.0. The third-order valence-corrected chi connectivity index (χ3v) is 3.54. The number of nitrogens with zero attached hydrogens (tertiary/aromatic N) is 1. The zero-order chi connectivity index (χ0) is 14.8. The molecule has 0 saturated heterocycles. The van der Waals surface area contributed by atoms with Crippen LogP contribution in [0.1, 0.15) is 51.0 Å². The molecule has 0 bridgehead atoms. The number of anilines is 1. The van der Waals surface area contributed by atoms with Crippen LogP contribution in [0.25, 0.3) is 0 Å². The minimum absolute atomic E-state index is 0.450. The molecule has 0 atom stereocenters. The molecule has 3 heteroatoms. The van der Waals surface area contributed by atoms with Gasteiger partial charge in [-0.15, -0.1) is 0 Å². The third-order valence-electron chi connectivity index (χ3n) is 3.54. The molecular weight excluding hydrogens is 250 g/mol. The van der Waals surface area contributed by atoms with Crippen molar-refractivity contribution in [3.63, 3.8) is 0 Å². The summed E-state index contributed by atoms with van der Waals surface area (Å²) in [5.41, 5.74) is 2.14. The maximum Gasteiger partial charge on any atom is 0.414 e. The van der Waals surface area contributed by atoms with Gasteiger partial charge in [0.25, 0.3) is 0 Å². The van der Waals surface area contributed by atoms with Crippen molar-refractivity contribution in [3.8, 4) is 0 Å². The van der Waals surface area contributed by atoms with Crippen LogP contribution in [0.3, 0.4) is 0 Å². The van der Waals surface area contributed by atoms with Crippen molar-refractivity contribution in [1.82, 2.24) is 0 Å². The number of rotatable bonds is 8. The smallest absolute Gasteiger partial charge is 0.414 e. The van der Waals surface area contributed by atoms with Crippen molar-refractivity contribution >= 4 is 11.8 Å². The average molecular weight is 276 g/mol. The molecule has 0 unspecified atom stereocenters. The predicted molar refractivity (Wildman–Crippen MR) is 83.8 cm³/mol. The second kappa shape index (κ2) is 9.40. The standard InChI is InChI=1S/C17H26NO2/c1-4-5-6-7-8-9-10-15-11-13-16(14-12-15)18(2)17(19)20-3/h11-14H,3-10H2,1-2H3. The number of ether oxygens (including phenoxy) is 1. The summed E-state index contributed by atoms with van der Waals surface area (Å²) in [5.74, 6) is 0. The maximum absolute atomic E-state index is 11.3. The van der Waals surface area contributed by atoms with Crippen LogP contribution >= 0.6 is 0 Å². The van der Waals surface area contributed by atoms with E-state index in [2.05, 4.69) is 30.9 Å². The fourth-order valence-electron chi connectivity index (χ4n) is 2.20. The van der Waals surface area contributed by atoms with Crippen LogP contribution in [0.2, 0.25) is 0 Å². The SMILES string of the molecule is [CH2]OC(=O)N(C)c1ccc(CCCCCCCC)cc1. The molecule has 0 N–H and O–H groups in total. The van der Waals surface area contributed by atoms with Gasteiger partial charge < -0.3 is 4.74 Å². The van der Waals surface area contributed by atoms with Crippen LogP contribution in [0, 0.1) is 7.11 Å². The van der Waals surface area contributed by atoms with Gasteiger partial charge in [0.05, 0.1) is 0 Å². The van der Waals surface area contributed by atoms with E-state index in [0.717, 1.165) is 12.1 Å². The van der Waals surface area contributed by atoms with Crippen molar-refractivity contribution < 1.29 is 9.53 Å². The molecular formula is C17H26NO2. The molecule has 111 valence electrons. The van der Waals surface area contributed by atoms with Gasteiger partial charge in [0.1, 0.15) is 7.11 Å². The molecule has 20 heavy (non-hydrogen) atoms. The Morgan fingerprint density at radius 2 is 1.70 bits per heavy atom. The van der Waals surface area contributed by atoms with Crippen LogP contribution in [-0.4, -0.2) is 13.1 Å². The molecule has 0 saturated carbocycles. The summed E-state index contributed by atoms with van der Waals surface area (Å²) in [7, 11) is 4.81. The number of unbranched alkanes of at least 4 members (excludes halogenated alkanes) is 5. The highest BCUT2D eigenvalue weighted by atomic mass is 16.5. The Labute approximate surface area is 122 Å². The lowest BCUT2D eigenvalue weighted by Crippen LogP contribution is -2.25. The summed E-state index contributed by atoms with van der Waals surface area (Å²) < 4.78 is 4.45. The fourth-order valence-corrected chi connectivity index (χ4v) is 2.20. The molecule has 0 heterocycles. The first-order chi connectivity index (χ1) is 9.69. The summed E-state index contributed by atoms with van der Waals surface area (Å²) in [5, 5.41) is 0. The van der Waals surface area contributed by atoms with Gasteiger partial charge >= 0.3 is 6.09 Å². The van der Waals surface area contributed by atoms with Crippen LogP contribution < -0.4 is 4.90 Å². The van der Waals surface area contributed by atoms with E-state index in [1.54, 1.807) is 7.05 Å². The molecule has 0 aromatic heterocycles. The number of hydrogen-bond acceptors (Lipinski definition) is 2. The molecule has 0 fully saturated rings. The third kappa shape index (κ3) is 5.64. The average Bonchev–Trinajstić information content (AvgIpc) is 2.50. The highest BCUT2D eigenvalue weighted by Gasteiger charge is 2.09. The fraction of sp³-hybridized carbons (Fsp3) is 0.529. The van der Waals surface area contributed by atoms with Gasteiger partial charge in [-0.2, -0.15) is 0 Å². The largest absolute Gasteiger partial charge is 0.446 e. The summed E-state index contributed by atoms with van der Waals surface area (Å²) in [6, 6.07) is 8.05. The first-order valence-electron chi connectivity index (χ1n) is 7.47. The van der Waals surface area contributed by atoms with Crippen LogP contribution in [0.4, 0.5) is 10.5 Å².